The fourth-order valence-corrected chi connectivity index (χ4v) is 2.20. The van der Waals surface area contributed by atoms with Crippen molar-refractivity contribution in [3.8, 4) is 0 Å². The number of carbonyl (C=O) groups is 1. The largest absolute Gasteiger partial charge is 0.325 e. The van der Waals surface area contributed by atoms with Crippen LogP contribution in [0.1, 0.15) is 29.8 Å². The molecule has 22 heavy (non-hydrogen) atoms. The minimum atomic E-state index is -0.0305. The van der Waals surface area contributed by atoms with Gasteiger partial charge in [0.25, 0.3) is 0 Å². The lowest BCUT2D eigenvalue weighted by molar-refractivity contribution is -0.117. The van der Waals surface area contributed by atoms with E-state index in [4.69, 9.17) is 0 Å². The van der Waals surface area contributed by atoms with Gasteiger partial charge in [0.2, 0.25) is 5.91 Å². The van der Waals surface area contributed by atoms with Crippen molar-refractivity contribution in [3.63, 3.8) is 0 Å². The topological polar surface area (TPSA) is 58.1 Å². The molecule has 0 aliphatic heterocycles. The lowest BCUT2D eigenvalue weighted by Crippen LogP contribution is -2.32. The van der Waals surface area contributed by atoms with E-state index in [0.717, 1.165) is 22.5 Å². The van der Waals surface area contributed by atoms with Gasteiger partial charge in [-0.3, -0.25) is 9.69 Å². The van der Waals surface area contributed by atoms with E-state index in [9.17, 15) is 4.79 Å². The summed E-state index contributed by atoms with van der Waals surface area (Å²) in [5.41, 5.74) is 3.96. The summed E-state index contributed by atoms with van der Waals surface area (Å²) in [5.74, 6) is -0.0305. The number of aryl methyl sites for hydroxylation is 2. The fourth-order valence-electron chi connectivity index (χ4n) is 2.20. The minimum Gasteiger partial charge on any atom is -0.325 e. The van der Waals surface area contributed by atoms with Gasteiger partial charge < -0.3 is 5.32 Å². The van der Waals surface area contributed by atoms with Crippen molar-refractivity contribution >= 4 is 11.6 Å². The van der Waals surface area contributed by atoms with Crippen LogP contribution in [-0.2, 0) is 4.79 Å². The van der Waals surface area contributed by atoms with Gasteiger partial charge in [-0.25, -0.2) is 9.97 Å². The Labute approximate surface area is 131 Å². The lowest BCUT2D eigenvalue weighted by atomic mass is 10.1. The number of nitrogens with one attached hydrogen (secondary N) is 1. The van der Waals surface area contributed by atoms with Crippen LogP contribution in [0.3, 0.4) is 0 Å². The van der Waals surface area contributed by atoms with Crippen LogP contribution >= 0.6 is 0 Å². The van der Waals surface area contributed by atoms with Crippen molar-refractivity contribution < 1.29 is 4.79 Å². The van der Waals surface area contributed by atoms with Crippen molar-refractivity contribution in [1.29, 1.82) is 0 Å². The van der Waals surface area contributed by atoms with E-state index in [2.05, 4.69) is 15.3 Å². The van der Waals surface area contributed by atoms with Gasteiger partial charge in [0.15, 0.2) is 0 Å². The molecule has 1 atom stereocenters. The molecule has 0 aliphatic rings. The highest BCUT2D eigenvalue weighted by atomic mass is 16.2. The molecule has 1 aromatic carbocycles. The zero-order valence-corrected chi connectivity index (χ0v) is 13.5. The molecular weight excluding hydrogens is 276 g/mol. The monoisotopic (exact) mass is 298 g/mol. The average molecular weight is 298 g/mol. The van der Waals surface area contributed by atoms with Crippen LogP contribution in [0.15, 0.2) is 36.8 Å². The summed E-state index contributed by atoms with van der Waals surface area (Å²) in [6, 6.07) is 7.95. The van der Waals surface area contributed by atoms with E-state index in [1.54, 1.807) is 6.20 Å². The van der Waals surface area contributed by atoms with E-state index < -0.39 is 0 Å². The number of amides is 1. The Morgan fingerprint density at radius 2 is 2.09 bits per heavy atom. The van der Waals surface area contributed by atoms with Gasteiger partial charge >= 0.3 is 0 Å². The third-order valence-corrected chi connectivity index (χ3v) is 3.75. The Kier molecular flexibility index (Phi) is 5.22. The summed E-state index contributed by atoms with van der Waals surface area (Å²) in [5, 5.41) is 2.97. The molecule has 0 bridgehead atoms. The third kappa shape index (κ3) is 4.11. The first-order chi connectivity index (χ1) is 10.5. The Balaban J connectivity index is 1.98. The first-order valence-electron chi connectivity index (χ1n) is 7.30. The summed E-state index contributed by atoms with van der Waals surface area (Å²) in [4.78, 5) is 22.3. The van der Waals surface area contributed by atoms with Crippen LogP contribution in [0.25, 0.3) is 0 Å². The van der Waals surface area contributed by atoms with E-state index in [0.29, 0.717) is 6.54 Å². The molecular formula is C17H22N4O. The number of hydrogen-bond acceptors (Lipinski definition) is 4. The van der Waals surface area contributed by atoms with Gasteiger partial charge in [-0.1, -0.05) is 12.1 Å². The zero-order valence-electron chi connectivity index (χ0n) is 13.5. The molecule has 0 saturated heterocycles. The number of anilines is 1. The van der Waals surface area contributed by atoms with E-state index in [-0.39, 0.29) is 11.9 Å². The molecule has 1 heterocycles. The molecule has 5 nitrogen and oxygen atoms in total. The molecule has 0 unspecified atom stereocenters. The minimum absolute atomic E-state index is 0.0305. The first-order valence-corrected chi connectivity index (χ1v) is 7.30. The zero-order chi connectivity index (χ0) is 16.1. The summed E-state index contributed by atoms with van der Waals surface area (Å²) in [7, 11) is 1.91. The predicted octanol–water partition coefficient (Wildman–Crippen LogP) is 2.72. The predicted molar refractivity (Wildman–Crippen MR) is 87.6 cm³/mol. The second-order valence-electron chi connectivity index (χ2n) is 5.59. The summed E-state index contributed by atoms with van der Waals surface area (Å²) < 4.78 is 0. The first kappa shape index (κ1) is 16.1. The van der Waals surface area contributed by atoms with Crippen LogP contribution in [0.4, 0.5) is 5.69 Å². The quantitative estimate of drug-likeness (QED) is 0.922. The molecule has 0 fully saturated rings. The van der Waals surface area contributed by atoms with Gasteiger partial charge in [-0.15, -0.1) is 0 Å². The van der Waals surface area contributed by atoms with Gasteiger partial charge in [0.05, 0.1) is 12.2 Å². The highest BCUT2D eigenvalue weighted by Crippen LogP contribution is 2.18. The Bertz CT molecular complexity index is 642. The lowest BCUT2D eigenvalue weighted by Gasteiger charge is -2.23. The number of likely N-dealkylation sites (N-methyl/N-ethyl adjacent to an activating group) is 1. The van der Waals surface area contributed by atoms with E-state index in [1.807, 2.05) is 57.0 Å². The van der Waals surface area contributed by atoms with E-state index in [1.165, 1.54) is 6.33 Å². The van der Waals surface area contributed by atoms with Crippen LogP contribution in [0.5, 0.6) is 0 Å². The maximum atomic E-state index is 12.2. The number of carbonyl (C=O) groups excluding carboxylic acids is 1. The third-order valence-electron chi connectivity index (χ3n) is 3.75. The van der Waals surface area contributed by atoms with Gasteiger partial charge in [0, 0.05) is 17.9 Å². The molecule has 0 aliphatic carbocycles. The van der Waals surface area contributed by atoms with Crippen LogP contribution in [0, 0.1) is 13.8 Å². The van der Waals surface area contributed by atoms with Crippen LogP contribution in [-0.4, -0.2) is 34.4 Å². The van der Waals surface area contributed by atoms with Gasteiger partial charge in [-0.2, -0.15) is 0 Å². The maximum absolute atomic E-state index is 12.2. The molecule has 1 aromatic heterocycles. The number of benzene rings is 1. The fraction of sp³-hybridized carbons (Fsp3) is 0.353. The van der Waals surface area contributed by atoms with Crippen molar-refractivity contribution in [2.45, 2.75) is 26.8 Å². The highest BCUT2D eigenvalue weighted by molar-refractivity contribution is 5.93. The molecule has 1 amide bonds. The van der Waals surface area contributed by atoms with Crippen LogP contribution in [0.2, 0.25) is 0 Å². The molecule has 2 aromatic rings. The molecule has 0 saturated carbocycles. The summed E-state index contributed by atoms with van der Waals surface area (Å²) in [6.07, 6.45) is 3.23. The molecule has 0 spiro atoms. The Hall–Kier alpha value is -2.27. The molecule has 2 rings (SSSR count). The summed E-state index contributed by atoms with van der Waals surface area (Å²) >= 11 is 0. The average Bonchev–Trinajstić information content (AvgIpc) is 2.51. The second-order valence-corrected chi connectivity index (χ2v) is 5.59. The van der Waals surface area contributed by atoms with E-state index >= 15 is 0 Å². The smallest absolute Gasteiger partial charge is 0.238 e. The molecule has 5 heteroatoms. The van der Waals surface area contributed by atoms with Crippen molar-refractivity contribution in [2.75, 3.05) is 18.9 Å². The normalized spacial score (nSPS) is 12.2. The standard InChI is InChI=1S/C17H22N4O/c1-12-5-6-13(2)16(9-12)20-17(22)10-21(4)14(3)15-7-8-18-11-19-15/h5-9,11,14H,10H2,1-4H3,(H,20,22)/t14-/m1/s1. The second kappa shape index (κ2) is 7.13. The Morgan fingerprint density at radius 3 is 2.77 bits per heavy atom. The number of aromatic nitrogens is 2. The van der Waals surface area contributed by atoms with Gasteiger partial charge in [-0.05, 0) is 51.1 Å². The summed E-state index contributed by atoms with van der Waals surface area (Å²) in [6.45, 7) is 6.33. The molecule has 116 valence electrons. The Morgan fingerprint density at radius 1 is 1.32 bits per heavy atom. The SMILES string of the molecule is Cc1ccc(C)c(NC(=O)CN(C)[C@H](C)c2ccncn2)c1. The number of rotatable bonds is 5. The highest BCUT2D eigenvalue weighted by Gasteiger charge is 2.16. The molecule has 0 radical (unpaired) electrons. The van der Waals surface area contributed by atoms with Crippen molar-refractivity contribution in [3.05, 3.63) is 53.6 Å². The number of hydrogen-bond donors (Lipinski definition) is 1. The van der Waals surface area contributed by atoms with Crippen LogP contribution < -0.4 is 5.32 Å². The number of nitrogens with zero attached hydrogens (tertiary/aromatic N) is 3. The van der Waals surface area contributed by atoms with Gasteiger partial charge in [0.1, 0.15) is 6.33 Å². The maximum Gasteiger partial charge on any atom is 0.238 e. The van der Waals surface area contributed by atoms with Crippen molar-refractivity contribution in [2.24, 2.45) is 0 Å². The molecule has 1 N–H and O–H groups in total. The van der Waals surface area contributed by atoms with Crippen molar-refractivity contribution in [1.82, 2.24) is 14.9 Å².